The van der Waals surface area contributed by atoms with E-state index in [1.807, 2.05) is 11.3 Å². The number of hydrogen-bond acceptors (Lipinski definition) is 2. The molecular formula is C46H37NS. The Morgan fingerprint density at radius 3 is 1.79 bits per heavy atom. The average molecular weight is 636 g/mol. The number of benzene rings is 7. The van der Waals surface area contributed by atoms with Gasteiger partial charge in [-0.1, -0.05) is 135 Å². The first-order valence-corrected chi connectivity index (χ1v) is 18.1. The molecule has 0 saturated heterocycles. The fourth-order valence-corrected chi connectivity index (χ4v) is 9.00. The Labute approximate surface area is 286 Å². The third-order valence-electron chi connectivity index (χ3n) is 10.3. The van der Waals surface area contributed by atoms with Gasteiger partial charge in [0.25, 0.3) is 0 Å². The second-order valence-electron chi connectivity index (χ2n) is 13.2. The molecule has 48 heavy (non-hydrogen) atoms. The predicted molar refractivity (Wildman–Crippen MR) is 208 cm³/mol. The zero-order valence-corrected chi connectivity index (χ0v) is 27.8. The Balaban J connectivity index is 1.15. The van der Waals surface area contributed by atoms with Crippen molar-refractivity contribution in [3.63, 3.8) is 0 Å². The van der Waals surface area contributed by atoms with E-state index in [0.717, 1.165) is 5.69 Å². The van der Waals surface area contributed by atoms with Gasteiger partial charge in [-0.3, -0.25) is 0 Å². The summed E-state index contributed by atoms with van der Waals surface area (Å²) in [6.45, 7) is 0. The van der Waals surface area contributed by atoms with Gasteiger partial charge in [-0.15, -0.1) is 11.3 Å². The zero-order valence-electron chi connectivity index (χ0n) is 27.0. The van der Waals surface area contributed by atoms with Gasteiger partial charge in [0, 0.05) is 37.2 Å². The molecule has 232 valence electrons. The first kappa shape index (κ1) is 29.0. The highest BCUT2D eigenvalue weighted by molar-refractivity contribution is 7.25. The van der Waals surface area contributed by atoms with Gasteiger partial charge in [-0.05, 0) is 99.8 Å². The van der Waals surface area contributed by atoms with E-state index in [-0.39, 0.29) is 0 Å². The molecule has 0 bridgehead atoms. The van der Waals surface area contributed by atoms with Gasteiger partial charge in [-0.2, -0.15) is 0 Å². The zero-order chi connectivity index (χ0) is 31.9. The minimum Gasteiger partial charge on any atom is -0.310 e. The molecule has 0 unspecified atom stereocenters. The first-order chi connectivity index (χ1) is 23.8. The summed E-state index contributed by atoms with van der Waals surface area (Å²) in [5, 5.41) is 5.22. The molecule has 1 nitrogen and oxygen atoms in total. The topological polar surface area (TPSA) is 3.24 Å². The van der Waals surface area contributed by atoms with E-state index >= 15 is 0 Å². The fraction of sp³-hybridized carbons (Fsp3) is 0.130. The molecular weight excluding hydrogens is 599 g/mol. The number of thiophene rings is 1. The standard InChI is InChI=1S/C46H37NS/c1-3-11-32(12-4-1)33-21-25-37(26-22-33)47(39-29-30-43-42-17-7-8-20-44(42)48-45(43)31-39)38-27-23-35(24-28-38)41-19-10-16-36-15-9-18-40(46(36)41)34-13-5-2-6-14-34/h2,5-10,13-32H,1,3-4,11-12H2. The van der Waals surface area contributed by atoms with Crippen LogP contribution in [0.1, 0.15) is 43.6 Å². The molecule has 0 N–H and O–H groups in total. The van der Waals surface area contributed by atoms with Crippen LogP contribution in [0.3, 0.4) is 0 Å². The van der Waals surface area contributed by atoms with Crippen LogP contribution in [-0.2, 0) is 0 Å². The third-order valence-corrected chi connectivity index (χ3v) is 11.4. The molecule has 1 aliphatic rings. The lowest BCUT2D eigenvalue weighted by atomic mass is 9.84. The van der Waals surface area contributed by atoms with Crippen LogP contribution in [0.25, 0.3) is 53.2 Å². The fourth-order valence-electron chi connectivity index (χ4n) is 7.86. The van der Waals surface area contributed by atoms with Gasteiger partial charge < -0.3 is 4.90 Å². The molecule has 0 radical (unpaired) electrons. The van der Waals surface area contributed by atoms with Crippen molar-refractivity contribution in [2.75, 3.05) is 4.90 Å². The van der Waals surface area contributed by atoms with Crippen molar-refractivity contribution in [2.45, 2.75) is 38.0 Å². The van der Waals surface area contributed by atoms with Gasteiger partial charge in [0.15, 0.2) is 0 Å². The maximum absolute atomic E-state index is 2.43. The summed E-state index contributed by atoms with van der Waals surface area (Å²) in [6.07, 6.45) is 6.71. The van der Waals surface area contributed by atoms with Crippen molar-refractivity contribution in [1.82, 2.24) is 0 Å². The molecule has 0 spiro atoms. The summed E-state index contributed by atoms with van der Waals surface area (Å²) in [5.41, 5.74) is 10.0. The third kappa shape index (κ3) is 5.27. The van der Waals surface area contributed by atoms with Crippen LogP contribution in [0.5, 0.6) is 0 Å². The normalized spacial score (nSPS) is 13.8. The van der Waals surface area contributed by atoms with Crippen molar-refractivity contribution in [3.05, 3.63) is 163 Å². The Kier molecular flexibility index (Phi) is 7.52. The number of anilines is 3. The van der Waals surface area contributed by atoms with E-state index in [0.29, 0.717) is 5.92 Å². The van der Waals surface area contributed by atoms with Crippen LogP contribution in [-0.4, -0.2) is 0 Å². The molecule has 2 heteroatoms. The SMILES string of the molecule is c1ccc(-c2cccc3cccc(-c4ccc(N(c5ccc(C6CCCCC6)cc5)c5ccc6c(c5)sc5ccccc56)cc4)c23)cc1. The Morgan fingerprint density at radius 2 is 1.06 bits per heavy atom. The molecule has 0 aliphatic heterocycles. The van der Waals surface area contributed by atoms with Crippen LogP contribution < -0.4 is 4.90 Å². The molecule has 1 fully saturated rings. The highest BCUT2D eigenvalue weighted by atomic mass is 32.1. The molecule has 9 rings (SSSR count). The summed E-state index contributed by atoms with van der Waals surface area (Å²) >= 11 is 1.88. The van der Waals surface area contributed by atoms with Gasteiger partial charge in [0.1, 0.15) is 0 Å². The maximum Gasteiger partial charge on any atom is 0.0476 e. The van der Waals surface area contributed by atoms with E-state index < -0.39 is 0 Å². The summed E-state index contributed by atoms with van der Waals surface area (Å²) < 4.78 is 2.65. The second kappa shape index (κ2) is 12.4. The highest BCUT2D eigenvalue weighted by Gasteiger charge is 2.19. The predicted octanol–water partition coefficient (Wildman–Crippen LogP) is 14.1. The van der Waals surface area contributed by atoms with E-state index in [1.54, 1.807) is 0 Å². The van der Waals surface area contributed by atoms with Gasteiger partial charge >= 0.3 is 0 Å². The minimum atomic E-state index is 0.692. The van der Waals surface area contributed by atoms with E-state index in [4.69, 9.17) is 0 Å². The largest absolute Gasteiger partial charge is 0.310 e. The quantitative estimate of drug-likeness (QED) is 0.176. The minimum absolute atomic E-state index is 0.692. The smallest absolute Gasteiger partial charge is 0.0476 e. The van der Waals surface area contributed by atoms with Crippen molar-refractivity contribution >= 4 is 59.3 Å². The number of nitrogens with zero attached hydrogens (tertiary/aromatic N) is 1. The van der Waals surface area contributed by atoms with Crippen molar-refractivity contribution < 1.29 is 0 Å². The van der Waals surface area contributed by atoms with Crippen molar-refractivity contribution in [2.24, 2.45) is 0 Å². The highest BCUT2D eigenvalue weighted by Crippen LogP contribution is 2.43. The second-order valence-corrected chi connectivity index (χ2v) is 14.2. The summed E-state index contributed by atoms with van der Waals surface area (Å²) in [4.78, 5) is 2.43. The van der Waals surface area contributed by atoms with Crippen LogP contribution in [0.2, 0.25) is 0 Å². The first-order valence-electron chi connectivity index (χ1n) is 17.3. The Hall–Kier alpha value is -5.18. The molecule has 0 amide bonds. The van der Waals surface area contributed by atoms with Gasteiger partial charge in [0.2, 0.25) is 0 Å². The van der Waals surface area contributed by atoms with Crippen LogP contribution in [0, 0.1) is 0 Å². The molecule has 1 aliphatic carbocycles. The van der Waals surface area contributed by atoms with Gasteiger partial charge in [-0.25, -0.2) is 0 Å². The van der Waals surface area contributed by atoms with E-state index in [9.17, 15) is 0 Å². The summed E-state index contributed by atoms with van der Waals surface area (Å²) in [7, 11) is 0. The lowest BCUT2D eigenvalue weighted by Crippen LogP contribution is -2.10. The molecule has 8 aromatic rings. The van der Waals surface area contributed by atoms with E-state index in [2.05, 4.69) is 163 Å². The molecule has 0 atom stereocenters. The lowest BCUT2D eigenvalue weighted by molar-refractivity contribution is 0.443. The van der Waals surface area contributed by atoms with Crippen molar-refractivity contribution in [1.29, 1.82) is 0 Å². The monoisotopic (exact) mass is 635 g/mol. The molecule has 7 aromatic carbocycles. The molecule has 1 saturated carbocycles. The summed E-state index contributed by atoms with van der Waals surface area (Å²) in [6, 6.07) is 58.4. The lowest BCUT2D eigenvalue weighted by Gasteiger charge is -2.27. The van der Waals surface area contributed by atoms with Crippen LogP contribution in [0.15, 0.2) is 158 Å². The van der Waals surface area contributed by atoms with Gasteiger partial charge in [0.05, 0.1) is 0 Å². The Bertz CT molecular complexity index is 2360. The average Bonchev–Trinajstić information content (AvgIpc) is 3.54. The number of rotatable bonds is 6. The maximum atomic E-state index is 2.43. The molecule has 1 heterocycles. The van der Waals surface area contributed by atoms with Crippen LogP contribution >= 0.6 is 11.3 Å². The van der Waals surface area contributed by atoms with Crippen molar-refractivity contribution in [3.8, 4) is 22.3 Å². The number of fused-ring (bicyclic) bond motifs is 4. The number of hydrogen-bond donors (Lipinski definition) is 0. The molecule has 1 aromatic heterocycles. The van der Waals surface area contributed by atoms with Crippen LogP contribution in [0.4, 0.5) is 17.1 Å². The van der Waals surface area contributed by atoms with E-state index in [1.165, 1.54) is 102 Å². The Morgan fingerprint density at radius 1 is 0.458 bits per heavy atom. The summed E-state index contributed by atoms with van der Waals surface area (Å²) in [5.74, 6) is 0.692.